The molecule has 1 heterocycles. The third-order valence-corrected chi connectivity index (χ3v) is 8.95. The normalized spacial score (nSPS) is 17.0. The molecule has 1 fully saturated rings. The van der Waals surface area contributed by atoms with Crippen LogP contribution in [0.25, 0.3) is 0 Å². The number of carbonyl (C=O) groups is 1. The molecule has 5 rings (SSSR count). The van der Waals surface area contributed by atoms with E-state index in [0.717, 1.165) is 16.7 Å². The first-order valence-electron chi connectivity index (χ1n) is 13.1. The average molecular weight is 555 g/mol. The molecule has 1 saturated heterocycles. The van der Waals surface area contributed by atoms with Gasteiger partial charge in [-0.05, 0) is 40.8 Å². The number of nitro benzene ring substituents is 1. The molecule has 40 heavy (non-hydrogen) atoms. The molecule has 0 saturated carbocycles. The Bertz CT molecular complexity index is 1320. The Morgan fingerprint density at radius 2 is 1.38 bits per heavy atom. The first-order chi connectivity index (χ1) is 19.5. The summed E-state index contributed by atoms with van der Waals surface area (Å²) in [4.78, 5) is 25.2. The third-order valence-electron chi connectivity index (χ3n) is 7.22. The van der Waals surface area contributed by atoms with Crippen LogP contribution in [0.2, 0.25) is 0 Å². The summed E-state index contributed by atoms with van der Waals surface area (Å²) in [5, 5.41) is 21.1. The molecular weight excluding hydrogens is 524 g/mol. The van der Waals surface area contributed by atoms with E-state index in [1.165, 1.54) is 12.1 Å². The van der Waals surface area contributed by atoms with Crippen molar-refractivity contribution >= 4 is 23.5 Å². The van der Waals surface area contributed by atoms with Gasteiger partial charge in [-0.1, -0.05) is 91.0 Å². The van der Waals surface area contributed by atoms with Gasteiger partial charge in [-0.15, -0.1) is 11.8 Å². The number of hydrogen-bond acceptors (Lipinski definition) is 6. The number of amides is 1. The number of likely N-dealkylation sites (tertiary alicyclic amines) is 1. The van der Waals surface area contributed by atoms with Crippen molar-refractivity contribution in [2.75, 3.05) is 13.2 Å². The number of nitro groups is 1. The molecule has 0 aromatic heterocycles. The molecule has 1 amide bonds. The second kappa shape index (κ2) is 12.4. The maximum absolute atomic E-state index is 13.2. The highest BCUT2D eigenvalue weighted by Gasteiger charge is 2.44. The minimum Gasteiger partial charge on any atom is -0.445 e. The molecule has 0 spiro atoms. The Labute approximate surface area is 237 Å². The van der Waals surface area contributed by atoms with Crippen LogP contribution in [0.1, 0.15) is 28.7 Å². The molecule has 8 heteroatoms. The Hall–Kier alpha value is -4.14. The average Bonchev–Trinajstić information content (AvgIpc) is 3.43. The summed E-state index contributed by atoms with van der Waals surface area (Å²) < 4.78 is 5.04. The molecule has 4 aromatic carbocycles. The van der Waals surface area contributed by atoms with Gasteiger partial charge in [0.05, 0.1) is 22.3 Å². The summed E-state index contributed by atoms with van der Waals surface area (Å²) >= 11 is 1.79. The SMILES string of the molecule is O=C(OCc1ccc([N+](=O)[O-])cc1)N1C[C@@H](SC(c2ccccc2)(c2ccccc2)c2ccccc2)C[C@H]1CO. The zero-order valence-electron chi connectivity index (χ0n) is 21.8. The Morgan fingerprint density at radius 1 is 0.875 bits per heavy atom. The molecule has 0 bridgehead atoms. The van der Waals surface area contributed by atoms with Gasteiger partial charge < -0.3 is 14.7 Å². The number of rotatable bonds is 9. The van der Waals surface area contributed by atoms with Crippen molar-refractivity contribution in [1.82, 2.24) is 4.90 Å². The molecule has 0 aliphatic carbocycles. The number of aliphatic hydroxyl groups is 1. The number of benzene rings is 4. The monoisotopic (exact) mass is 554 g/mol. The van der Waals surface area contributed by atoms with Crippen molar-refractivity contribution < 1.29 is 19.6 Å². The fourth-order valence-electron chi connectivity index (χ4n) is 5.27. The fraction of sp³-hybridized carbons (Fsp3) is 0.219. The van der Waals surface area contributed by atoms with Crippen LogP contribution < -0.4 is 0 Å². The molecular formula is C32H30N2O5S. The number of ether oxygens (including phenoxy) is 1. The highest BCUT2D eigenvalue weighted by atomic mass is 32.2. The van der Waals surface area contributed by atoms with E-state index in [-0.39, 0.29) is 30.2 Å². The van der Waals surface area contributed by atoms with E-state index in [4.69, 9.17) is 4.74 Å². The predicted octanol–water partition coefficient (Wildman–Crippen LogP) is 6.39. The van der Waals surface area contributed by atoms with Crippen molar-refractivity contribution in [2.24, 2.45) is 0 Å². The topological polar surface area (TPSA) is 92.9 Å². The maximum atomic E-state index is 13.2. The number of aliphatic hydroxyl groups excluding tert-OH is 1. The number of thioether (sulfide) groups is 1. The zero-order valence-corrected chi connectivity index (χ0v) is 22.7. The highest BCUT2D eigenvalue weighted by Crippen LogP contribution is 2.52. The Kier molecular flexibility index (Phi) is 8.48. The van der Waals surface area contributed by atoms with Crippen molar-refractivity contribution in [3.05, 3.63) is 148 Å². The Balaban J connectivity index is 1.41. The second-order valence-electron chi connectivity index (χ2n) is 9.72. The van der Waals surface area contributed by atoms with Gasteiger partial charge in [0.15, 0.2) is 0 Å². The summed E-state index contributed by atoms with van der Waals surface area (Å²) in [6.45, 7) is 0.243. The minimum atomic E-state index is -0.535. The summed E-state index contributed by atoms with van der Waals surface area (Å²) in [7, 11) is 0. The molecule has 1 aliphatic heterocycles. The van der Waals surface area contributed by atoms with Crippen LogP contribution in [-0.2, 0) is 16.1 Å². The lowest BCUT2D eigenvalue weighted by Gasteiger charge is -2.37. The molecule has 1 N–H and O–H groups in total. The van der Waals surface area contributed by atoms with Crippen molar-refractivity contribution in [3.8, 4) is 0 Å². The van der Waals surface area contributed by atoms with E-state index in [2.05, 4.69) is 36.4 Å². The number of nitrogens with zero attached hydrogens (tertiary/aromatic N) is 2. The molecule has 0 radical (unpaired) electrons. The summed E-state index contributed by atoms with van der Waals surface area (Å²) in [6.07, 6.45) is 0.104. The molecule has 4 aromatic rings. The molecule has 7 nitrogen and oxygen atoms in total. The molecule has 1 aliphatic rings. The number of non-ortho nitro benzene ring substituents is 1. The largest absolute Gasteiger partial charge is 0.445 e. The maximum Gasteiger partial charge on any atom is 0.410 e. The summed E-state index contributed by atoms with van der Waals surface area (Å²) in [5.74, 6) is 0. The van der Waals surface area contributed by atoms with Gasteiger partial charge in [-0.25, -0.2) is 4.79 Å². The van der Waals surface area contributed by atoms with Gasteiger partial charge in [-0.3, -0.25) is 10.1 Å². The van der Waals surface area contributed by atoms with E-state index in [1.54, 1.807) is 28.8 Å². The van der Waals surface area contributed by atoms with Crippen LogP contribution in [0.15, 0.2) is 115 Å². The van der Waals surface area contributed by atoms with Gasteiger partial charge >= 0.3 is 6.09 Å². The zero-order chi connectivity index (χ0) is 28.0. The smallest absolute Gasteiger partial charge is 0.410 e. The lowest BCUT2D eigenvalue weighted by molar-refractivity contribution is -0.384. The predicted molar refractivity (Wildman–Crippen MR) is 156 cm³/mol. The molecule has 0 unspecified atom stereocenters. The Morgan fingerprint density at radius 3 is 1.82 bits per heavy atom. The van der Waals surface area contributed by atoms with E-state index < -0.39 is 15.8 Å². The van der Waals surface area contributed by atoms with E-state index in [1.807, 2.05) is 54.6 Å². The first kappa shape index (κ1) is 27.4. The lowest BCUT2D eigenvalue weighted by atomic mass is 9.84. The number of carbonyl (C=O) groups excluding carboxylic acids is 1. The summed E-state index contributed by atoms with van der Waals surface area (Å²) in [5.41, 5.74) is 4.04. The van der Waals surface area contributed by atoms with Crippen molar-refractivity contribution in [3.63, 3.8) is 0 Å². The fourth-order valence-corrected chi connectivity index (χ4v) is 7.14. The van der Waals surface area contributed by atoms with Crippen LogP contribution in [0.3, 0.4) is 0 Å². The van der Waals surface area contributed by atoms with E-state index >= 15 is 0 Å². The van der Waals surface area contributed by atoms with Gasteiger partial charge in [-0.2, -0.15) is 0 Å². The minimum absolute atomic E-state index is 0.00866. The van der Waals surface area contributed by atoms with Crippen molar-refractivity contribution in [2.45, 2.75) is 29.1 Å². The first-order valence-corrected chi connectivity index (χ1v) is 14.0. The van der Waals surface area contributed by atoms with Crippen LogP contribution in [-0.4, -0.2) is 45.5 Å². The van der Waals surface area contributed by atoms with E-state index in [9.17, 15) is 20.0 Å². The second-order valence-corrected chi connectivity index (χ2v) is 11.2. The van der Waals surface area contributed by atoms with Crippen LogP contribution in [0.4, 0.5) is 10.5 Å². The highest BCUT2D eigenvalue weighted by molar-refractivity contribution is 8.01. The quantitative estimate of drug-likeness (QED) is 0.146. The van der Waals surface area contributed by atoms with Crippen LogP contribution in [0.5, 0.6) is 0 Å². The van der Waals surface area contributed by atoms with Gasteiger partial charge in [0, 0.05) is 23.9 Å². The third kappa shape index (κ3) is 5.73. The molecule has 2 atom stereocenters. The van der Waals surface area contributed by atoms with Crippen molar-refractivity contribution in [1.29, 1.82) is 0 Å². The standard InChI is InChI=1S/C32H30N2O5S/c35-22-29-20-30(21-33(29)31(36)39-23-24-16-18-28(19-17-24)34(37)38)40-32(25-10-4-1-5-11-25,26-12-6-2-7-13-26)27-14-8-3-9-15-27/h1-19,29-30,35H,20-23H2/t29-,30-/m0/s1. The van der Waals surface area contributed by atoms with E-state index in [0.29, 0.717) is 18.5 Å². The lowest BCUT2D eigenvalue weighted by Crippen LogP contribution is -2.38. The number of hydrogen-bond donors (Lipinski definition) is 1. The van der Waals surface area contributed by atoms with Crippen LogP contribution >= 0.6 is 11.8 Å². The van der Waals surface area contributed by atoms with Crippen LogP contribution in [0, 0.1) is 10.1 Å². The molecule has 204 valence electrons. The van der Waals surface area contributed by atoms with Gasteiger partial charge in [0.25, 0.3) is 5.69 Å². The van der Waals surface area contributed by atoms with Gasteiger partial charge in [0.1, 0.15) is 6.61 Å². The summed E-state index contributed by atoms with van der Waals surface area (Å²) in [6, 6.07) is 36.7. The van der Waals surface area contributed by atoms with Gasteiger partial charge in [0.2, 0.25) is 0 Å².